The smallest absolute Gasteiger partial charge is 0.154 e. The first-order valence-corrected chi connectivity index (χ1v) is 9.83. The van der Waals surface area contributed by atoms with E-state index in [1.54, 1.807) is 0 Å². The van der Waals surface area contributed by atoms with Gasteiger partial charge in [0.2, 0.25) is 0 Å². The molecule has 3 heteroatoms. The Kier molecular flexibility index (Phi) is 3.67. The minimum absolute atomic E-state index is 0.0770. The normalized spacial score (nSPS) is 34.3. The molecular formula is C24H24O3. The van der Waals surface area contributed by atoms with Crippen molar-refractivity contribution in [1.29, 1.82) is 0 Å². The first-order valence-electron chi connectivity index (χ1n) is 9.83. The fourth-order valence-corrected chi connectivity index (χ4v) is 5.92. The van der Waals surface area contributed by atoms with Crippen LogP contribution in [0.2, 0.25) is 0 Å². The Hall–Kier alpha value is -2.26. The number of hydrogen-bond acceptors (Lipinski definition) is 3. The van der Waals surface area contributed by atoms with E-state index in [1.807, 2.05) is 32.0 Å². The standard InChI is InChI=1S/C24H24O3/c1-12-9-13(2)18(14(3)10-12)20-22(25)19-17-11-16(15-7-5-4-6-8-15)24(27-17)21(19)23(20)26/h4-10,16-17,19-21,24H,11H2,1-3H3/t16-,17-,19-,20?,21+,24+/m0/s1. The van der Waals surface area contributed by atoms with Crippen molar-refractivity contribution in [3.63, 3.8) is 0 Å². The summed E-state index contributed by atoms with van der Waals surface area (Å²) in [6.07, 6.45) is 0.570. The predicted molar refractivity (Wildman–Crippen MR) is 103 cm³/mol. The van der Waals surface area contributed by atoms with Gasteiger partial charge in [0.15, 0.2) is 11.6 Å². The molecule has 2 aromatic rings. The summed E-state index contributed by atoms with van der Waals surface area (Å²) in [7, 11) is 0. The van der Waals surface area contributed by atoms with Crippen molar-refractivity contribution < 1.29 is 14.3 Å². The fraction of sp³-hybridized carbons (Fsp3) is 0.417. The van der Waals surface area contributed by atoms with Crippen LogP contribution in [0.15, 0.2) is 42.5 Å². The molecule has 6 atom stereocenters. The monoisotopic (exact) mass is 360 g/mol. The molecule has 27 heavy (non-hydrogen) atoms. The first-order chi connectivity index (χ1) is 13.0. The molecule has 138 valence electrons. The molecule has 2 bridgehead atoms. The molecule has 3 fully saturated rings. The van der Waals surface area contributed by atoms with Gasteiger partial charge in [0.25, 0.3) is 0 Å². The Labute approximate surface area is 159 Å². The number of ketones is 2. The topological polar surface area (TPSA) is 43.4 Å². The maximum absolute atomic E-state index is 13.5. The van der Waals surface area contributed by atoms with Crippen LogP contribution in [-0.4, -0.2) is 23.8 Å². The third-order valence-corrected chi connectivity index (χ3v) is 6.84. The van der Waals surface area contributed by atoms with E-state index in [4.69, 9.17) is 4.74 Å². The van der Waals surface area contributed by atoms with Gasteiger partial charge in [-0.05, 0) is 49.4 Å². The van der Waals surface area contributed by atoms with Gasteiger partial charge < -0.3 is 4.74 Å². The third kappa shape index (κ3) is 2.31. The molecule has 2 aromatic carbocycles. The molecule has 1 aliphatic carbocycles. The van der Waals surface area contributed by atoms with Gasteiger partial charge >= 0.3 is 0 Å². The second kappa shape index (κ2) is 5.87. The lowest BCUT2D eigenvalue weighted by atomic mass is 9.73. The van der Waals surface area contributed by atoms with Gasteiger partial charge in [-0.1, -0.05) is 48.0 Å². The molecule has 2 saturated heterocycles. The van der Waals surface area contributed by atoms with Gasteiger partial charge in [-0.3, -0.25) is 9.59 Å². The average Bonchev–Trinajstić information content (AvgIpc) is 3.29. The zero-order valence-corrected chi connectivity index (χ0v) is 15.9. The Bertz CT molecular complexity index is 922. The first kappa shape index (κ1) is 16.9. The molecule has 0 aromatic heterocycles. The molecular weight excluding hydrogens is 336 g/mol. The van der Waals surface area contributed by atoms with E-state index in [9.17, 15) is 9.59 Å². The number of hydrogen-bond donors (Lipinski definition) is 0. The van der Waals surface area contributed by atoms with E-state index < -0.39 is 5.92 Å². The van der Waals surface area contributed by atoms with Crippen LogP contribution in [0.5, 0.6) is 0 Å². The zero-order chi connectivity index (χ0) is 18.9. The highest BCUT2D eigenvalue weighted by molar-refractivity contribution is 6.17. The van der Waals surface area contributed by atoms with E-state index in [0.29, 0.717) is 0 Å². The summed E-state index contributed by atoms with van der Waals surface area (Å²) in [5, 5.41) is 0. The second-order valence-corrected chi connectivity index (χ2v) is 8.49. The molecule has 0 N–H and O–H groups in total. The van der Waals surface area contributed by atoms with E-state index in [2.05, 4.69) is 31.2 Å². The lowest BCUT2D eigenvalue weighted by molar-refractivity contribution is -0.127. The van der Waals surface area contributed by atoms with Gasteiger partial charge in [0.05, 0.1) is 24.0 Å². The summed E-state index contributed by atoms with van der Waals surface area (Å²) in [5.41, 5.74) is 5.41. The van der Waals surface area contributed by atoms with Crippen LogP contribution in [0.4, 0.5) is 0 Å². The Morgan fingerprint density at radius 1 is 0.889 bits per heavy atom. The van der Waals surface area contributed by atoms with Crippen LogP contribution in [0, 0.1) is 32.6 Å². The van der Waals surface area contributed by atoms with Crippen molar-refractivity contribution in [2.45, 2.75) is 51.2 Å². The molecule has 3 nitrogen and oxygen atoms in total. The van der Waals surface area contributed by atoms with Crippen LogP contribution >= 0.6 is 0 Å². The Morgan fingerprint density at radius 2 is 1.52 bits per heavy atom. The SMILES string of the molecule is Cc1cc(C)c(C2C(=O)[C@@H]3[C@@H]4O[C@@H](C[C@H]4c4ccccc4)[C@@H]3C2=O)c(C)c1. The molecule has 2 aliphatic heterocycles. The number of Topliss-reactive ketones (excluding diaryl/α,β-unsaturated/α-hetero) is 2. The highest BCUT2D eigenvalue weighted by Crippen LogP contribution is 2.57. The summed E-state index contributed by atoms with van der Waals surface area (Å²) in [6, 6.07) is 14.4. The third-order valence-electron chi connectivity index (χ3n) is 6.84. The summed E-state index contributed by atoms with van der Waals surface area (Å²) in [4.78, 5) is 26.8. The predicted octanol–water partition coefficient (Wildman–Crippen LogP) is 4.03. The van der Waals surface area contributed by atoms with Crippen LogP contribution < -0.4 is 0 Å². The van der Waals surface area contributed by atoms with Gasteiger partial charge in [0, 0.05) is 5.92 Å². The van der Waals surface area contributed by atoms with Crippen molar-refractivity contribution in [3.8, 4) is 0 Å². The molecule has 0 radical (unpaired) electrons. The van der Waals surface area contributed by atoms with Gasteiger partial charge in [-0.15, -0.1) is 0 Å². The second-order valence-electron chi connectivity index (χ2n) is 8.49. The molecule has 1 saturated carbocycles. The van der Waals surface area contributed by atoms with Crippen LogP contribution in [0.25, 0.3) is 0 Å². The number of rotatable bonds is 2. The highest BCUT2D eigenvalue weighted by Gasteiger charge is 2.65. The maximum atomic E-state index is 13.5. The van der Waals surface area contributed by atoms with Crippen LogP contribution in [-0.2, 0) is 14.3 Å². The molecule has 2 heterocycles. The summed E-state index contributed by atoms with van der Waals surface area (Å²) in [6.45, 7) is 6.08. The van der Waals surface area contributed by atoms with Crippen LogP contribution in [0.1, 0.15) is 46.1 Å². The molecule has 3 aliphatic rings. The minimum Gasteiger partial charge on any atom is -0.373 e. The zero-order valence-electron chi connectivity index (χ0n) is 15.9. The van der Waals surface area contributed by atoms with Crippen molar-refractivity contribution in [3.05, 3.63) is 70.3 Å². The maximum Gasteiger partial charge on any atom is 0.154 e. The molecule has 0 amide bonds. The minimum atomic E-state index is -0.607. The van der Waals surface area contributed by atoms with Gasteiger partial charge in [0.1, 0.15) is 5.92 Å². The number of carbonyl (C=O) groups is 2. The summed E-state index contributed by atoms with van der Waals surface area (Å²) >= 11 is 0. The number of benzene rings is 2. The van der Waals surface area contributed by atoms with Crippen molar-refractivity contribution in [1.82, 2.24) is 0 Å². The number of ether oxygens (including phenoxy) is 1. The van der Waals surface area contributed by atoms with Crippen molar-refractivity contribution in [2.24, 2.45) is 11.8 Å². The number of aryl methyl sites for hydroxylation is 3. The van der Waals surface area contributed by atoms with Gasteiger partial charge in [-0.25, -0.2) is 0 Å². The molecule has 1 unspecified atom stereocenters. The lowest BCUT2D eigenvalue weighted by Gasteiger charge is -2.26. The van der Waals surface area contributed by atoms with Crippen molar-refractivity contribution in [2.75, 3.05) is 0 Å². The van der Waals surface area contributed by atoms with Crippen molar-refractivity contribution >= 4 is 11.6 Å². The summed E-state index contributed by atoms with van der Waals surface area (Å²) < 4.78 is 6.17. The van der Waals surface area contributed by atoms with Gasteiger partial charge in [-0.2, -0.15) is 0 Å². The highest BCUT2D eigenvalue weighted by atomic mass is 16.5. The fourth-order valence-electron chi connectivity index (χ4n) is 5.92. The molecule has 0 spiro atoms. The lowest BCUT2D eigenvalue weighted by Crippen LogP contribution is -2.34. The number of carbonyl (C=O) groups excluding carboxylic acids is 2. The van der Waals surface area contributed by atoms with E-state index >= 15 is 0 Å². The van der Waals surface area contributed by atoms with E-state index in [1.165, 1.54) is 11.1 Å². The van der Waals surface area contributed by atoms with E-state index in [0.717, 1.165) is 23.1 Å². The average molecular weight is 360 g/mol. The van der Waals surface area contributed by atoms with Crippen LogP contribution in [0.3, 0.4) is 0 Å². The largest absolute Gasteiger partial charge is 0.373 e. The Morgan fingerprint density at radius 3 is 2.19 bits per heavy atom. The Balaban J connectivity index is 1.53. The molecule has 5 rings (SSSR count). The quantitative estimate of drug-likeness (QED) is 0.760. The van der Waals surface area contributed by atoms with E-state index in [-0.39, 0.29) is 41.5 Å². The number of fused-ring (bicyclic) bond motifs is 5. The summed E-state index contributed by atoms with van der Waals surface area (Å²) in [5.74, 6) is -0.774.